The minimum absolute atomic E-state index is 0.00381. The average Bonchev–Trinajstić information content (AvgIpc) is 3.28. The number of halogens is 2. The molecule has 0 saturated carbocycles. The lowest BCUT2D eigenvalue weighted by Gasteiger charge is -2.29. The molecule has 0 aromatic rings. The zero-order chi connectivity index (χ0) is 25.6. The minimum Gasteiger partial charge on any atom is -0.480 e. The molecule has 0 aromatic carbocycles. The number of hydrogen-bond donors (Lipinski definition) is 5. The van der Waals surface area contributed by atoms with Crippen molar-refractivity contribution in [3.8, 4) is 0 Å². The fraction of sp³-hybridized carbons (Fsp3) is 0.750. The van der Waals surface area contributed by atoms with Gasteiger partial charge in [0, 0.05) is 13.1 Å². The number of amides is 2. The smallest absolute Gasteiger partial charge is 0.326 e. The van der Waals surface area contributed by atoms with Crippen LogP contribution in [0.5, 0.6) is 0 Å². The van der Waals surface area contributed by atoms with Crippen molar-refractivity contribution in [1.29, 1.82) is 0 Å². The second-order valence-electron chi connectivity index (χ2n) is 7.76. The Kier molecular flexibility index (Phi) is 15.4. The van der Waals surface area contributed by atoms with Gasteiger partial charge in [0.05, 0.1) is 17.8 Å². The van der Waals surface area contributed by atoms with Crippen LogP contribution in [0.15, 0.2) is 4.99 Å². The number of Topliss-reactive ketones (excluding diaryl/α,β-unsaturated/α-hetero) is 1. The summed E-state index contributed by atoms with van der Waals surface area (Å²) in [4.78, 5) is 51.8. The molecule has 0 aromatic heterocycles. The van der Waals surface area contributed by atoms with Crippen molar-refractivity contribution >= 4 is 52.7 Å². The van der Waals surface area contributed by atoms with Gasteiger partial charge in [0.15, 0.2) is 11.7 Å². The lowest BCUT2D eigenvalue weighted by Crippen LogP contribution is -2.55. The van der Waals surface area contributed by atoms with Crippen LogP contribution in [-0.2, 0) is 19.2 Å². The monoisotopic (exact) mass is 510 g/mol. The van der Waals surface area contributed by atoms with Crippen LogP contribution in [0.3, 0.4) is 0 Å². The summed E-state index contributed by atoms with van der Waals surface area (Å²) in [6, 6.07) is -2.42. The van der Waals surface area contributed by atoms with Crippen LogP contribution >= 0.6 is 23.2 Å². The molecule has 1 aliphatic heterocycles. The Bertz CT molecular complexity index is 684. The number of hydrogen-bond acceptors (Lipinski definition) is 6. The van der Waals surface area contributed by atoms with Gasteiger partial charge in [-0.3, -0.25) is 19.4 Å². The second-order valence-corrected chi connectivity index (χ2v) is 8.29. The van der Waals surface area contributed by atoms with Crippen LogP contribution in [0.25, 0.3) is 0 Å². The highest BCUT2D eigenvalue weighted by Crippen LogP contribution is 2.21. The number of carbonyl (C=O) groups excluding carboxylic acids is 3. The number of guanidine groups is 1. The Morgan fingerprint density at radius 3 is 2.27 bits per heavy atom. The SMILES string of the molecule is CCC(C)C(N)C(=O)N1CCCC1C(=O)N[C@H](CCCN=C(N)N)C(=O)O.O=C(CCl)CCl. The van der Waals surface area contributed by atoms with Crippen LogP contribution in [0.4, 0.5) is 0 Å². The molecule has 0 bridgehead atoms. The van der Waals surface area contributed by atoms with E-state index in [4.69, 9.17) is 40.4 Å². The number of ketones is 1. The van der Waals surface area contributed by atoms with Gasteiger partial charge in [-0.1, -0.05) is 20.3 Å². The third kappa shape index (κ3) is 11.5. The summed E-state index contributed by atoms with van der Waals surface area (Å²) in [5, 5.41) is 11.9. The average molecular weight is 511 g/mol. The minimum atomic E-state index is -1.14. The van der Waals surface area contributed by atoms with Gasteiger partial charge in [0.1, 0.15) is 12.1 Å². The molecule has 13 heteroatoms. The first-order valence-corrected chi connectivity index (χ1v) is 11.8. The maximum atomic E-state index is 12.6. The van der Waals surface area contributed by atoms with E-state index < -0.39 is 30.0 Å². The Morgan fingerprint density at radius 2 is 1.82 bits per heavy atom. The normalized spacial score (nSPS) is 17.7. The van der Waals surface area contributed by atoms with E-state index in [1.807, 2.05) is 13.8 Å². The van der Waals surface area contributed by atoms with Crippen molar-refractivity contribution in [2.75, 3.05) is 24.8 Å². The van der Waals surface area contributed by atoms with Crippen LogP contribution < -0.4 is 22.5 Å². The quantitative estimate of drug-likeness (QED) is 0.105. The first-order valence-electron chi connectivity index (χ1n) is 10.8. The molecule has 33 heavy (non-hydrogen) atoms. The number of nitrogens with one attached hydrogen (secondary N) is 1. The Hall–Kier alpha value is -2.11. The molecule has 3 unspecified atom stereocenters. The lowest BCUT2D eigenvalue weighted by molar-refractivity contribution is -0.144. The van der Waals surface area contributed by atoms with E-state index in [-0.39, 0.29) is 48.3 Å². The van der Waals surface area contributed by atoms with Crippen LogP contribution in [-0.4, -0.2) is 82.5 Å². The number of carbonyl (C=O) groups is 4. The first kappa shape index (κ1) is 30.9. The first-order chi connectivity index (χ1) is 15.5. The number of likely N-dealkylation sites (tertiary alicyclic amines) is 1. The highest BCUT2D eigenvalue weighted by Gasteiger charge is 2.38. The topological polar surface area (TPSA) is 194 Å². The highest BCUT2D eigenvalue weighted by atomic mass is 35.5. The summed E-state index contributed by atoms with van der Waals surface area (Å²) in [5.41, 5.74) is 16.5. The number of carboxylic acids is 1. The zero-order valence-corrected chi connectivity index (χ0v) is 20.6. The Balaban J connectivity index is 0.00000150. The molecule has 1 rings (SSSR count). The molecule has 190 valence electrons. The molecule has 1 fully saturated rings. The van der Waals surface area contributed by atoms with Gasteiger partial charge < -0.3 is 32.5 Å². The molecule has 8 N–H and O–H groups in total. The maximum Gasteiger partial charge on any atom is 0.326 e. The van der Waals surface area contributed by atoms with Crippen molar-refractivity contribution in [1.82, 2.24) is 10.2 Å². The van der Waals surface area contributed by atoms with E-state index in [0.717, 1.165) is 6.42 Å². The number of carboxylic acid groups (broad SMARTS) is 1. The predicted octanol–water partition coefficient (Wildman–Crippen LogP) is 0.00690. The molecule has 1 saturated heterocycles. The standard InChI is InChI=1S/C17H32N6O4.C3H4Cl2O/c1-3-10(2)13(18)15(25)23-9-5-7-12(23)14(24)22-11(16(26)27)6-4-8-21-17(19)20;4-1-3(6)2-5/h10-13H,3-9,18H2,1-2H3,(H,22,24)(H,26,27)(H4,19,20,21);1-2H2/t10?,11-,12?,13?;/m1./s1. The lowest BCUT2D eigenvalue weighted by atomic mass is 9.98. The maximum absolute atomic E-state index is 12.6. The van der Waals surface area contributed by atoms with Crippen LogP contribution in [0.1, 0.15) is 46.0 Å². The predicted molar refractivity (Wildman–Crippen MR) is 128 cm³/mol. The Morgan fingerprint density at radius 1 is 1.21 bits per heavy atom. The van der Waals surface area contributed by atoms with Crippen molar-refractivity contribution in [3.05, 3.63) is 0 Å². The number of nitrogens with zero attached hydrogens (tertiary/aromatic N) is 2. The summed E-state index contributed by atoms with van der Waals surface area (Å²) in [6.45, 7) is 4.57. The van der Waals surface area contributed by atoms with E-state index in [1.165, 1.54) is 4.90 Å². The summed E-state index contributed by atoms with van der Waals surface area (Å²) >= 11 is 10.0. The van der Waals surface area contributed by atoms with Gasteiger partial charge in [0.2, 0.25) is 11.8 Å². The number of rotatable bonds is 12. The third-order valence-electron chi connectivity index (χ3n) is 5.24. The number of aliphatic carboxylic acids is 1. The van der Waals surface area contributed by atoms with Crippen molar-refractivity contribution in [2.45, 2.75) is 64.1 Å². The Labute approximate surface area is 204 Å². The summed E-state index contributed by atoms with van der Waals surface area (Å²) < 4.78 is 0. The number of alkyl halides is 2. The number of nitrogens with two attached hydrogens (primary N) is 3. The molecule has 11 nitrogen and oxygen atoms in total. The second kappa shape index (κ2) is 16.5. The van der Waals surface area contributed by atoms with Gasteiger partial charge in [0.25, 0.3) is 0 Å². The molecular formula is C20H36Cl2N6O5. The summed E-state index contributed by atoms with van der Waals surface area (Å²) in [5.74, 6) is -1.99. The van der Waals surface area contributed by atoms with E-state index in [2.05, 4.69) is 10.3 Å². The molecule has 0 radical (unpaired) electrons. The molecule has 2 amide bonds. The largest absolute Gasteiger partial charge is 0.480 e. The van der Waals surface area contributed by atoms with Gasteiger partial charge >= 0.3 is 5.97 Å². The molecule has 1 heterocycles. The highest BCUT2D eigenvalue weighted by molar-refractivity contribution is 6.35. The van der Waals surface area contributed by atoms with Crippen molar-refractivity contribution in [3.63, 3.8) is 0 Å². The fourth-order valence-electron chi connectivity index (χ4n) is 3.06. The van der Waals surface area contributed by atoms with Gasteiger partial charge in [-0.25, -0.2) is 4.79 Å². The van der Waals surface area contributed by atoms with Crippen LogP contribution in [0.2, 0.25) is 0 Å². The molecular weight excluding hydrogens is 475 g/mol. The fourth-order valence-corrected chi connectivity index (χ4v) is 3.34. The van der Waals surface area contributed by atoms with Gasteiger partial charge in [-0.05, 0) is 31.6 Å². The molecule has 4 atom stereocenters. The summed E-state index contributed by atoms with van der Waals surface area (Å²) in [7, 11) is 0. The van der Waals surface area contributed by atoms with Crippen molar-refractivity contribution in [2.24, 2.45) is 28.1 Å². The van der Waals surface area contributed by atoms with E-state index in [1.54, 1.807) is 0 Å². The third-order valence-corrected chi connectivity index (χ3v) is 5.83. The van der Waals surface area contributed by atoms with E-state index in [9.17, 15) is 24.3 Å². The van der Waals surface area contributed by atoms with Gasteiger partial charge in [-0.15, -0.1) is 23.2 Å². The molecule has 1 aliphatic rings. The molecule has 0 spiro atoms. The summed E-state index contributed by atoms with van der Waals surface area (Å²) in [6.07, 6.45) is 2.52. The molecule has 0 aliphatic carbocycles. The van der Waals surface area contributed by atoms with E-state index in [0.29, 0.717) is 25.8 Å². The van der Waals surface area contributed by atoms with E-state index >= 15 is 0 Å². The van der Waals surface area contributed by atoms with Crippen molar-refractivity contribution < 1.29 is 24.3 Å². The zero-order valence-electron chi connectivity index (χ0n) is 19.1. The van der Waals surface area contributed by atoms with Gasteiger partial charge in [-0.2, -0.15) is 0 Å². The van der Waals surface area contributed by atoms with Crippen LogP contribution in [0, 0.1) is 5.92 Å². The number of aliphatic imine (C=N–C) groups is 1.